The Morgan fingerprint density at radius 1 is 1.50 bits per heavy atom. The third-order valence-corrected chi connectivity index (χ3v) is 3.27. The maximum Gasteiger partial charge on any atom is 0.141 e. The van der Waals surface area contributed by atoms with Gasteiger partial charge in [-0.15, -0.1) is 0 Å². The van der Waals surface area contributed by atoms with Crippen LogP contribution in [0, 0.1) is 6.92 Å². The topological polar surface area (TPSA) is 79.6 Å². The Morgan fingerprint density at radius 2 is 2.31 bits per heavy atom. The Bertz CT molecular complexity index is 480. The van der Waals surface area contributed by atoms with Crippen LogP contribution in [0.3, 0.4) is 0 Å². The van der Waals surface area contributed by atoms with Crippen LogP contribution in [0.15, 0.2) is 23.2 Å². The van der Waals surface area contributed by atoms with E-state index in [9.17, 15) is 0 Å². The highest BCUT2D eigenvalue weighted by atomic mass is 79.9. The molecular weight excluding hydrogens is 270 g/mol. The first-order valence-corrected chi connectivity index (χ1v) is 5.59. The van der Waals surface area contributed by atoms with Gasteiger partial charge >= 0.3 is 0 Å². The fourth-order valence-corrected chi connectivity index (χ4v) is 1.75. The van der Waals surface area contributed by atoms with E-state index in [0.717, 1.165) is 21.5 Å². The lowest BCUT2D eigenvalue weighted by Gasteiger charge is -2.09. The summed E-state index contributed by atoms with van der Waals surface area (Å²) < 4.78 is 0.895. The van der Waals surface area contributed by atoms with Crippen LogP contribution in [0.25, 0.3) is 0 Å². The molecule has 0 aliphatic carbocycles. The molecule has 0 amide bonds. The summed E-state index contributed by atoms with van der Waals surface area (Å²) in [4.78, 5) is 11.2. The number of nitrogen functional groups attached to an aromatic ring is 1. The van der Waals surface area contributed by atoms with Gasteiger partial charge in [0.2, 0.25) is 0 Å². The smallest absolute Gasteiger partial charge is 0.141 e. The largest absolute Gasteiger partial charge is 0.397 e. The quantitative estimate of drug-likeness (QED) is 0.805. The van der Waals surface area contributed by atoms with Crippen LogP contribution >= 0.6 is 15.9 Å². The summed E-state index contributed by atoms with van der Waals surface area (Å²) in [5.41, 5.74) is 8.41. The molecule has 0 aliphatic heterocycles. The normalized spacial score (nSPS) is 10.4. The van der Waals surface area contributed by atoms with Crippen molar-refractivity contribution in [1.29, 1.82) is 0 Å². The van der Waals surface area contributed by atoms with Crippen LogP contribution < -0.4 is 11.1 Å². The fourth-order valence-electron chi connectivity index (χ4n) is 1.28. The molecule has 0 atom stereocenters. The molecule has 2 heterocycles. The maximum atomic E-state index is 5.74. The van der Waals surface area contributed by atoms with E-state index in [1.54, 1.807) is 18.7 Å². The molecular formula is C10H12BrN5. The molecule has 0 unspecified atom stereocenters. The van der Waals surface area contributed by atoms with Gasteiger partial charge in [-0.05, 0) is 28.4 Å². The summed E-state index contributed by atoms with van der Waals surface area (Å²) in [5, 5.41) is 3.20. The Hall–Kier alpha value is -1.56. The number of rotatable bonds is 3. The molecule has 6 heteroatoms. The lowest BCUT2D eigenvalue weighted by atomic mass is 10.2. The molecule has 0 saturated heterocycles. The van der Waals surface area contributed by atoms with Crippen molar-refractivity contribution in [3.05, 3.63) is 34.5 Å². The first-order chi connectivity index (χ1) is 7.68. The van der Waals surface area contributed by atoms with Gasteiger partial charge in [0.25, 0.3) is 0 Å². The third-order valence-electron chi connectivity index (χ3n) is 2.30. The lowest BCUT2D eigenvalue weighted by molar-refractivity contribution is 1.05. The number of H-pyrrole nitrogens is 1. The van der Waals surface area contributed by atoms with E-state index in [1.807, 2.05) is 6.92 Å². The van der Waals surface area contributed by atoms with Crippen molar-refractivity contribution in [2.24, 2.45) is 0 Å². The zero-order chi connectivity index (χ0) is 11.5. The lowest BCUT2D eigenvalue weighted by Crippen LogP contribution is -2.04. The van der Waals surface area contributed by atoms with Gasteiger partial charge in [-0.2, -0.15) is 0 Å². The van der Waals surface area contributed by atoms with Gasteiger partial charge in [-0.1, -0.05) is 0 Å². The zero-order valence-corrected chi connectivity index (χ0v) is 10.4. The molecule has 84 valence electrons. The van der Waals surface area contributed by atoms with Gasteiger partial charge in [0.1, 0.15) is 5.82 Å². The first kappa shape index (κ1) is 10.9. The molecule has 0 aromatic carbocycles. The average molecular weight is 282 g/mol. The standard InChI is InChI=1S/C10H12BrN5/c1-6-8(12)4-15-10(9(6)11)14-3-7-2-13-5-16-7/h2,4-5H,3,12H2,1H3,(H,13,16)(H,14,15). The van der Waals surface area contributed by atoms with Crippen molar-refractivity contribution in [3.8, 4) is 0 Å². The van der Waals surface area contributed by atoms with Crippen molar-refractivity contribution in [2.75, 3.05) is 11.1 Å². The summed E-state index contributed by atoms with van der Waals surface area (Å²) in [7, 11) is 0. The van der Waals surface area contributed by atoms with Crippen molar-refractivity contribution in [2.45, 2.75) is 13.5 Å². The molecule has 0 bridgehead atoms. The van der Waals surface area contributed by atoms with E-state index in [2.05, 4.69) is 36.2 Å². The molecule has 0 spiro atoms. The highest BCUT2D eigenvalue weighted by molar-refractivity contribution is 9.10. The van der Waals surface area contributed by atoms with Crippen LogP contribution in [-0.2, 0) is 6.54 Å². The van der Waals surface area contributed by atoms with E-state index < -0.39 is 0 Å². The van der Waals surface area contributed by atoms with Crippen molar-refractivity contribution < 1.29 is 0 Å². The minimum atomic E-state index is 0.648. The van der Waals surface area contributed by atoms with Gasteiger partial charge in [0.05, 0.1) is 34.9 Å². The number of aromatic amines is 1. The molecule has 2 aromatic heterocycles. The van der Waals surface area contributed by atoms with E-state index >= 15 is 0 Å². The average Bonchev–Trinajstić information content (AvgIpc) is 2.78. The summed E-state index contributed by atoms with van der Waals surface area (Å²) in [5.74, 6) is 0.779. The number of hydrogen-bond acceptors (Lipinski definition) is 4. The summed E-state index contributed by atoms with van der Waals surface area (Å²) >= 11 is 3.46. The van der Waals surface area contributed by atoms with E-state index in [4.69, 9.17) is 5.73 Å². The predicted octanol–water partition coefficient (Wildman–Crippen LogP) is 2.07. The Balaban J connectivity index is 2.13. The Kier molecular flexibility index (Phi) is 3.09. The van der Waals surface area contributed by atoms with Crippen molar-refractivity contribution >= 4 is 27.4 Å². The second-order valence-electron chi connectivity index (χ2n) is 3.43. The minimum Gasteiger partial charge on any atom is -0.397 e. The van der Waals surface area contributed by atoms with Crippen molar-refractivity contribution in [3.63, 3.8) is 0 Å². The number of nitrogens with two attached hydrogens (primary N) is 1. The highest BCUT2D eigenvalue weighted by Gasteiger charge is 2.07. The molecule has 5 nitrogen and oxygen atoms in total. The number of nitrogens with one attached hydrogen (secondary N) is 2. The van der Waals surface area contributed by atoms with Crippen LogP contribution in [-0.4, -0.2) is 15.0 Å². The Morgan fingerprint density at radius 3 is 3.00 bits per heavy atom. The van der Waals surface area contributed by atoms with Crippen LogP contribution in [0.4, 0.5) is 11.5 Å². The zero-order valence-electron chi connectivity index (χ0n) is 8.79. The van der Waals surface area contributed by atoms with Crippen molar-refractivity contribution in [1.82, 2.24) is 15.0 Å². The number of anilines is 2. The predicted molar refractivity (Wildman–Crippen MR) is 67.0 cm³/mol. The van der Waals surface area contributed by atoms with E-state index in [0.29, 0.717) is 12.2 Å². The van der Waals surface area contributed by atoms with Crippen LogP contribution in [0.2, 0.25) is 0 Å². The number of imidazole rings is 1. The SMILES string of the molecule is Cc1c(N)cnc(NCc2cnc[nH]2)c1Br. The van der Waals surface area contributed by atoms with Crippen LogP contribution in [0.1, 0.15) is 11.3 Å². The van der Waals surface area contributed by atoms with Crippen LogP contribution in [0.5, 0.6) is 0 Å². The molecule has 0 saturated carbocycles. The molecule has 2 aromatic rings. The van der Waals surface area contributed by atoms with Gasteiger partial charge < -0.3 is 16.0 Å². The summed E-state index contributed by atoms with van der Waals surface area (Å²) in [6.45, 7) is 2.59. The number of pyridine rings is 1. The number of hydrogen-bond donors (Lipinski definition) is 3. The molecule has 2 rings (SSSR count). The molecule has 0 fully saturated rings. The number of nitrogens with zero attached hydrogens (tertiary/aromatic N) is 2. The van der Waals surface area contributed by atoms with Gasteiger partial charge in [0.15, 0.2) is 0 Å². The minimum absolute atomic E-state index is 0.648. The first-order valence-electron chi connectivity index (χ1n) is 4.80. The molecule has 4 N–H and O–H groups in total. The monoisotopic (exact) mass is 281 g/mol. The highest BCUT2D eigenvalue weighted by Crippen LogP contribution is 2.27. The number of aromatic nitrogens is 3. The maximum absolute atomic E-state index is 5.74. The Labute approximate surface area is 102 Å². The second-order valence-corrected chi connectivity index (χ2v) is 4.22. The fraction of sp³-hybridized carbons (Fsp3) is 0.200. The van der Waals surface area contributed by atoms with Gasteiger partial charge in [-0.25, -0.2) is 9.97 Å². The van der Waals surface area contributed by atoms with Gasteiger partial charge in [0, 0.05) is 6.20 Å². The van der Waals surface area contributed by atoms with E-state index in [-0.39, 0.29) is 0 Å². The van der Waals surface area contributed by atoms with Gasteiger partial charge in [-0.3, -0.25) is 0 Å². The summed E-state index contributed by atoms with van der Waals surface area (Å²) in [6.07, 6.45) is 5.06. The second kappa shape index (κ2) is 4.52. The third kappa shape index (κ3) is 2.16. The molecule has 16 heavy (non-hydrogen) atoms. The number of halogens is 1. The molecule has 0 radical (unpaired) electrons. The van der Waals surface area contributed by atoms with E-state index in [1.165, 1.54) is 0 Å². The molecule has 0 aliphatic rings. The summed E-state index contributed by atoms with van der Waals surface area (Å²) in [6, 6.07) is 0.